The topological polar surface area (TPSA) is 35.5 Å². The summed E-state index contributed by atoms with van der Waals surface area (Å²) in [5, 5.41) is 14.1. The summed E-state index contributed by atoms with van der Waals surface area (Å²) in [7, 11) is 1.94. The highest BCUT2D eigenvalue weighted by molar-refractivity contribution is 6.30. The van der Waals surface area contributed by atoms with Crippen LogP contribution in [0.3, 0.4) is 0 Å². The van der Waals surface area contributed by atoms with Gasteiger partial charge in [-0.25, -0.2) is 0 Å². The van der Waals surface area contributed by atoms with E-state index in [0.717, 1.165) is 36.6 Å². The van der Waals surface area contributed by atoms with Crippen LogP contribution in [0.15, 0.2) is 18.2 Å². The number of hydrogen-bond donors (Lipinski definition) is 2. The Morgan fingerprint density at radius 2 is 2.28 bits per heavy atom. The van der Waals surface area contributed by atoms with Gasteiger partial charge in [0, 0.05) is 30.3 Å². The Morgan fingerprint density at radius 3 is 2.94 bits per heavy atom. The molecular formula is C14H21ClN2O. The van der Waals surface area contributed by atoms with Crippen LogP contribution < -0.4 is 10.2 Å². The van der Waals surface area contributed by atoms with Gasteiger partial charge in [0.2, 0.25) is 0 Å². The molecule has 0 saturated carbocycles. The summed E-state index contributed by atoms with van der Waals surface area (Å²) < 4.78 is 0. The monoisotopic (exact) mass is 268 g/mol. The van der Waals surface area contributed by atoms with Crippen molar-refractivity contribution in [3.8, 4) is 0 Å². The van der Waals surface area contributed by atoms with Crippen LogP contribution in [0.5, 0.6) is 0 Å². The Balaban J connectivity index is 2.28. The lowest BCUT2D eigenvalue weighted by Crippen LogP contribution is -2.46. The maximum Gasteiger partial charge on any atom is 0.0794 e. The third-order valence-corrected chi connectivity index (χ3v) is 3.67. The fourth-order valence-corrected chi connectivity index (χ4v) is 2.76. The van der Waals surface area contributed by atoms with Crippen LogP contribution in [0.1, 0.15) is 25.3 Å². The first kappa shape index (κ1) is 13.7. The Hall–Kier alpha value is -0.770. The molecule has 2 rings (SSSR count). The van der Waals surface area contributed by atoms with Gasteiger partial charge in [0.25, 0.3) is 0 Å². The lowest BCUT2D eigenvalue weighted by Gasteiger charge is -2.39. The average molecular weight is 269 g/mol. The minimum absolute atomic E-state index is 0.600. The standard InChI is InChI=1S/C14H21ClN2O/c1-14(18)6-3-7-17(10-14)13-8-12(15)5-4-11(13)9-16-2/h4-5,8,16,18H,3,6-7,9-10H2,1-2H3. The molecule has 4 heteroatoms. The van der Waals surface area contributed by atoms with E-state index in [1.165, 1.54) is 5.56 Å². The summed E-state index contributed by atoms with van der Waals surface area (Å²) in [6.07, 6.45) is 1.88. The smallest absolute Gasteiger partial charge is 0.0794 e. The van der Waals surface area contributed by atoms with Gasteiger partial charge >= 0.3 is 0 Å². The van der Waals surface area contributed by atoms with Crippen molar-refractivity contribution in [2.24, 2.45) is 0 Å². The minimum atomic E-state index is -0.600. The molecular weight excluding hydrogens is 248 g/mol. The lowest BCUT2D eigenvalue weighted by atomic mass is 9.94. The molecule has 3 nitrogen and oxygen atoms in total. The minimum Gasteiger partial charge on any atom is -0.388 e. The summed E-state index contributed by atoms with van der Waals surface area (Å²) in [6.45, 7) is 4.36. The normalized spacial score (nSPS) is 24.3. The average Bonchev–Trinajstić information content (AvgIpc) is 2.30. The molecule has 1 aliphatic rings. The van der Waals surface area contributed by atoms with E-state index in [4.69, 9.17) is 11.6 Å². The molecule has 1 atom stereocenters. The maximum absolute atomic E-state index is 10.2. The second kappa shape index (κ2) is 5.47. The van der Waals surface area contributed by atoms with Crippen molar-refractivity contribution < 1.29 is 5.11 Å². The van der Waals surface area contributed by atoms with Gasteiger partial charge in [-0.1, -0.05) is 17.7 Å². The summed E-state index contributed by atoms with van der Waals surface area (Å²) >= 11 is 6.10. The van der Waals surface area contributed by atoms with Gasteiger partial charge < -0.3 is 15.3 Å². The first-order valence-corrected chi connectivity index (χ1v) is 6.80. The molecule has 0 radical (unpaired) electrons. The van der Waals surface area contributed by atoms with Crippen molar-refractivity contribution in [2.75, 3.05) is 25.0 Å². The van der Waals surface area contributed by atoms with Gasteiger partial charge in [-0.05, 0) is 44.5 Å². The zero-order valence-electron chi connectivity index (χ0n) is 11.0. The second-order valence-corrected chi connectivity index (χ2v) is 5.76. The van der Waals surface area contributed by atoms with E-state index >= 15 is 0 Å². The van der Waals surface area contributed by atoms with Crippen molar-refractivity contribution in [3.63, 3.8) is 0 Å². The molecule has 1 aromatic rings. The number of piperidine rings is 1. The molecule has 2 N–H and O–H groups in total. The first-order valence-electron chi connectivity index (χ1n) is 6.42. The highest BCUT2D eigenvalue weighted by atomic mass is 35.5. The second-order valence-electron chi connectivity index (χ2n) is 5.33. The number of benzene rings is 1. The lowest BCUT2D eigenvalue weighted by molar-refractivity contribution is 0.0449. The van der Waals surface area contributed by atoms with Gasteiger partial charge in [-0.3, -0.25) is 0 Å². The Bertz CT molecular complexity index is 420. The zero-order chi connectivity index (χ0) is 13.2. The number of rotatable bonds is 3. The van der Waals surface area contributed by atoms with E-state index in [9.17, 15) is 5.11 Å². The van der Waals surface area contributed by atoms with Crippen molar-refractivity contribution in [3.05, 3.63) is 28.8 Å². The summed E-state index contributed by atoms with van der Waals surface area (Å²) in [5.41, 5.74) is 1.76. The maximum atomic E-state index is 10.2. The summed E-state index contributed by atoms with van der Waals surface area (Å²) in [5.74, 6) is 0. The summed E-state index contributed by atoms with van der Waals surface area (Å²) in [4.78, 5) is 2.24. The quantitative estimate of drug-likeness (QED) is 0.884. The van der Waals surface area contributed by atoms with Crippen molar-refractivity contribution >= 4 is 17.3 Å². The van der Waals surface area contributed by atoms with Crippen LogP contribution in [0.25, 0.3) is 0 Å². The number of nitrogens with zero attached hydrogens (tertiary/aromatic N) is 1. The van der Waals surface area contributed by atoms with Gasteiger partial charge in [0.1, 0.15) is 0 Å². The molecule has 18 heavy (non-hydrogen) atoms. The van der Waals surface area contributed by atoms with E-state index in [1.54, 1.807) is 0 Å². The van der Waals surface area contributed by atoms with Crippen molar-refractivity contribution in [1.82, 2.24) is 5.32 Å². The summed E-state index contributed by atoms with van der Waals surface area (Å²) in [6, 6.07) is 5.97. The molecule has 1 fully saturated rings. The molecule has 1 unspecified atom stereocenters. The fraction of sp³-hybridized carbons (Fsp3) is 0.571. The van der Waals surface area contributed by atoms with Crippen molar-refractivity contribution in [1.29, 1.82) is 0 Å². The Morgan fingerprint density at radius 1 is 1.50 bits per heavy atom. The number of anilines is 1. The molecule has 1 aliphatic heterocycles. The highest BCUT2D eigenvalue weighted by Crippen LogP contribution is 2.30. The van der Waals surface area contributed by atoms with E-state index in [0.29, 0.717) is 6.54 Å². The zero-order valence-corrected chi connectivity index (χ0v) is 11.8. The number of halogens is 1. The molecule has 1 saturated heterocycles. The third-order valence-electron chi connectivity index (χ3n) is 3.43. The van der Waals surface area contributed by atoms with Crippen LogP contribution in [-0.4, -0.2) is 30.8 Å². The van der Waals surface area contributed by atoms with Gasteiger partial charge in [-0.15, -0.1) is 0 Å². The van der Waals surface area contributed by atoms with Gasteiger partial charge in [0.05, 0.1) is 5.60 Å². The van der Waals surface area contributed by atoms with Crippen LogP contribution in [0, 0.1) is 0 Å². The number of aliphatic hydroxyl groups is 1. The Labute approximate surface area is 114 Å². The van der Waals surface area contributed by atoms with Crippen LogP contribution >= 0.6 is 11.6 Å². The van der Waals surface area contributed by atoms with E-state index < -0.39 is 5.60 Å². The molecule has 1 heterocycles. The van der Waals surface area contributed by atoms with Crippen LogP contribution in [0.4, 0.5) is 5.69 Å². The molecule has 1 aromatic carbocycles. The number of nitrogens with one attached hydrogen (secondary N) is 1. The molecule has 0 amide bonds. The molecule has 0 aliphatic carbocycles. The molecule has 0 spiro atoms. The van der Waals surface area contributed by atoms with Crippen LogP contribution in [-0.2, 0) is 6.54 Å². The van der Waals surface area contributed by atoms with Gasteiger partial charge in [0.15, 0.2) is 0 Å². The van der Waals surface area contributed by atoms with E-state index in [1.807, 2.05) is 26.1 Å². The van der Waals surface area contributed by atoms with E-state index in [2.05, 4.69) is 16.3 Å². The fourth-order valence-electron chi connectivity index (χ4n) is 2.60. The van der Waals surface area contributed by atoms with Crippen molar-refractivity contribution in [2.45, 2.75) is 31.9 Å². The third kappa shape index (κ3) is 3.16. The predicted molar refractivity (Wildman–Crippen MR) is 76.3 cm³/mol. The van der Waals surface area contributed by atoms with E-state index in [-0.39, 0.29) is 0 Å². The first-order chi connectivity index (χ1) is 8.52. The predicted octanol–water partition coefficient (Wildman–Crippen LogP) is 2.41. The molecule has 100 valence electrons. The number of β-amino-alcohol motifs (C(OH)–C–C–N with tert-alkyl or cyclic N) is 1. The molecule has 0 bridgehead atoms. The largest absolute Gasteiger partial charge is 0.388 e. The number of hydrogen-bond acceptors (Lipinski definition) is 3. The highest BCUT2D eigenvalue weighted by Gasteiger charge is 2.29. The van der Waals surface area contributed by atoms with Crippen LogP contribution in [0.2, 0.25) is 5.02 Å². The Kier molecular flexibility index (Phi) is 4.15. The SMILES string of the molecule is CNCc1ccc(Cl)cc1N1CCCC(C)(O)C1. The van der Waals surface area contributed by atoms with Gasteiger partial charge in [-0.2, -0.15) is 0 Å². The molecule has 0 aromatic heterocycles.